The maximum absolute atomic E-state index is 11.9. The lowest BCUT2D eigenvalue weighted by molar-refractivity contribution is -0.142. The molecule has 2 saturated heterocycles. The summed E-state index contributed by atoms with van der Waals surface area (Å²) in [5.41, 5.74) is -0.328. The number of rotatable bonds is 1. The fourth-order valence-corrected chi connectivity index (χ4v) is 4.86. The molecule has 104 valence electrons. The third-order valence-corrected chi connectivity index (χ3v) is 5.70. The van der Waals surface area contributed by atoms with E-state index in [-0.39, 0.29) is 17.5 Å². The van der Waals surface area contributed by atoms with Crippen LogP contribution < -0.4 is 0 Å². The topological polar surface area (TPSA) is 57.7 Å². The zero-order valence-corrected chi connectivity index (χ0v) is 12.2. The van der Waals surface area contributed by atoms with Crippen molar-refractivity contribution in [1.29, 1.82) is 0 Å². The van der Waals surface area contributed by atoms with Gasteiger partial charge in [0.2, 0.25) is 15.9 Å². The summed E-state index contributed by atoms with van der Waals surface area (Å²) in [6.45, 7) is 4.95. The first-order valence-electron chi connectivity index (χ1n) is 6.52. The number of hydrogen-bond acceptors (Lipinski definition) is 3. The molecule has 1 amide bonds. The van der Waals surface area contributed by atoms with Gasteiger partial charge in [-0.1, -0.05) is 0 Å². The largest absolute Gasteiger partial charge is 0.336 e. The van der Waals surface area contributed by atoms with Crippen molar-refractivity contribution in [2.75, 3.05) is 19.3 Å². The van der Waals surface area contributed by atoms with E-state index < -0.39 is 10.0 Å². The van der Waals surface area contributed by atoms with Crippen LogP contribution in [-0.4, -0.2) is 54.5 Å². The van der Waals surface area contributed by atoms with Gasteiger partial charge in [-0.15, -0.1) is 0 Å². The molecule has 2 heterocycles. The Morgan fingerprint density at radius 2 is 1.94 bits per heavy atom. The molecule has 2 aliphatic heterocycles. The summed E-state index contributed by atoms with van der Waals surface area (Å²) in [5.74, 6) is 0.0533. The van der Waals surface area contributed by atoms with Crippen molar-refractivity contribution in [2.45, 2.75) is 51.1 Å². The van der Waals surface area contributed by atoms with E-state index in [0.29, 0.717) is 6.54 Å². The highest BCUT2D eigenvalue weighted by atomic mass is 32.2. The molecule has 2 fully saturated rings. The fraction of sp³-hybridized carbons (Fsp3) is 0.917. The zero-order valence-electron chi connectivity index (χ0n) is 11.3. The number of sulfonamides is 1. The second kappa shape index (κ2) is 4.49. The lowest BCUT2D eigenvalue weighted by Crippen LogP contribution is -2.67. The van der Waals surface area contributed by atoms with E-state index in [4.69, 9.17) is 0 Å². The van der Waals surface area contributed by atoms with Crippen molar-refractivity contribution >= 4 is 15.9 Å². The number of nitrogens with zero attached hydrogens (tertiary/aromatic N) is 2. The summed E-state index contributed by atoms with van der Waals surface area (Å²) in [4.78, 5) is 13.6. The number of carbonyl (C=O) groups is 1. The summed E-state index contributed by atoms with van der Waals surface area (Å²) >= 11 is 0. The molecule has 18 heavy (non-hydrogen) atoms. The lowest BCUT2D eigenvalue weighted by atomic mass is 9.77. The molecule has 0 aromatic carbocycles. The number of carbonyl (C=O) groups excluding carboxylic acids is 1. The highest BCUT2D eigenvalue weighted by Gasteiger charge is 2.50. The van der Waals surface area contributed by atoms with Gasteiger partial charge in [-0.3, -0.25) is 4.79 Å². The molecular weight excluding hydrogens is 252 g/mol. The molecule has 0 N–H and O–H groups in total. The van der Waals surface area contributed by atoms with Crippen LogP contribution in [0.25, 0.3) is 0 Å². The Balaban J connectivity index is 2.37. The van der Waals surface area contributed by atoms with Crippen molar-refractivity contribution in [3.8, 4) is 0 Å². The Bertz CT molecular complexity index is 448. The number of likely N-dealkylation sites (tertiary alicyclic amines) is 1. The first-order valence-corrected chi connectivity index (χ1v) is 8.36. The Kier molecular flexibility index (Phi) is 3.44. The van der Waals surface area contributed by atoms with Gasteiger partial charge in [-0.2, -0.15) is 4.31 Å². The van der Waals surface area contributed by atoms with Gasteiger partial charge in [-0.05, 0) is 32.6 Å². The molecule has 2 rings (SSSR count). The van der Waals surface area contributed by atoms with Crippen LogP contribution in [-0.2, 0) is 14.8 Å². The summed E-state index contributed by atoms with van der Waals surface area (Å²) < 4.78 is 25.4. The molecule has 2 aliphatic rings. The van der Waals surface area contributed by atoms with E-state index in [1.54, 1.807) is 11.2 Å². The summed E-state index contributed by atoms with van der Waals surface area (Å²) in [5, 5.41) is 0. The summed E-state index contributed by atoms with van der Waals surface area (Å²) in [7, 11) is -3.19. The fourth-order valence-electron chi connectivity index (χ4n) is 3.61. The predicted molar refractivity (Wildman–Crippen MR) is 69.6 cm³/mol. The van der Waals surface area contributed by atoms with Crippen LogP contribution in [0.1, 0.15) is 39.5 Å². The summed E-state index contributed by atoms with van der Waals surface area (Å²) in [6.07, 6.45) is 4.72. The maximum Gasteiger partial charge on any atom is 0.219 e. The van der Waals surface area contributed by atoms with Crippen LogP contribution in [0.15, 0.2) is 0 Å². The molecule has 2 atom stereocenters. The van der Waals surface area contributed by atoms with E-state index in [1.165, 1.54) is 6.26 Å². The number of amides is 1. The molecule has 0 bridgehead atoms. The molecule has 0 saturated carbocycles. The molecule has 0 aromatic rings. The van der Waals surface area contributed by atoms with Crippen molar-refractivity contribution in [3.05, 3.63) is 0 Å². The van der Waals surface area contributed by atoms with Gasteiger partial charge in [0.1, 0.15) is 0 Å². The maximum atomic E-state index is 11.9. The normalized spacial score (nSPS) is 34.2. The van der Waals surface area contributed by atoms with Crippen LogP contribution in [0.4, 0.5) is 0 Å². The van der Waals surface area contributed by atoms with Crippen LogP contribution >= 0.6 is 0 Å². The molecule has 0 spiro atoms. The average Bonchev–Trinajstić information content (AvgIpc) is 2.24. The Labute approximate surface area is 109 Å². The van der Waals surface area contributed by atoms with E-state index >= 15 is 0 Å². The molecule has 0 aromatic heterocycles. The van der Waals surface area contributed by atoms with E-state index in [2.05, 4.69) is 0 Å². The van der Waals surface area contributed by atoms with Gasteiger partial charge in [0.05, 0.1) is 11.8 Å². The van der Waals surface area contributed by atoms with Gasteiger partial charge in [0.25, 0.3) is 0 Å². The smallest absolute Gasteiger partial charge is 0.219 e. The van der Waals surface area contributed by atoms with Crippen LogP contribution in [0.3, 0.4) is 0 Å². The standard InChI is InChI=1S/C12H22N2O3S/c1-10(15)13-8-4-6-11-12(13,2)7-5-9-14(11)18(3,16)17/h11H,4-9H2,1-3H3/t11-,12+/m1/s1. The molecule has 0 aliphatic carbocycles. The van der Waals surface area contributed by atoms with Crippen LogP contribution in [0, 0.1) is 0 Å². The third kappa shape index (κ3) is 2.16. The second-order valence-corrected chi connectivity index (χ2v) is 7.60. The van der Waals surface area contributed by atoms with Gasteiger partial charge in [-0.25, -0.2) is 8.42 Å². The van der Waals surface area contributed by atoms with Gasteiger partial charge < -0.3 is 4.90 Å². The van der Waals surface area contributed by atoms with Crippen LogP contribution in [0.5, 0.6) is 0 Å². The lowest BCUT2D eigenvalue weighted by Gasteiger charge is -2.55. The molecule has 0 radical (unpaired) electrons. The minimum absolute atomic E-state index is 0.0533. The van der Waals surface area contributed by atoms with Gasteiger partial charge in [0.15, 0.2) is 0 Å². The van der Waals surface area contributed by atoms with E-state index in [1.807, 2.05) is 11.8 Å². The SMILES string of the molecule is CC(=O)N1CCC[C@H]2N(S(C)(=O)=O)CCC[C@@]21C. The number of hydrogen-bond donors (Lipinski definition) is 0. The minimum Gasteiger partial charge on any atom is -0.336 e. The van der Waals surface area contributed by atoms with Gasteiger partial charge in [0, 0.05) is 26.1 Å². The van der Waals surface area contributed by atoms with Gasteiger partial charge >= 0.3 is 0 Å². The zero-order chi connectivity index (χ0) is 13.6. The second-order valence-electron chi connectivity index (χ2n) is 5.66. The van der Waals surface area contributed by atoms with Crippen molar-refractivity contribution in [3.63, 3.8) is 0 Å². The van der Waals surface area contributed by atoms with Crippen molar-refractivity contribution in [1.82, 2.24) is 9.21 Å². The minimum atomic E-state index is -3.19. The van der Waals surface area contributed by atoms with E-state index in [0.717, 1.165) is 32.2 Å². The van der Waals surface area contributed by atoms with Crippen LogP contribution in [0.2, 0.25) is 0 Å². The first-order chi connectivity index (χ1) is 8.27. The number of fused-ring (bicyclic) bond motifs is 1. The highest BCUT2D eigenvalue weighted by Crippen LogP contribution is 2.39. The monoisotopic (exact) mass is 274 g/mol. The average molecular weight is 274 g/mol. The molecule has 6 heteroatoms. The highest BCUT2D eigenvalue weighted by molar-refractivity contribution is 7.88. The molecule has 5 nitrogen and oxygen atoms in total. The predicted octanol–water partition coefficient (Wildman–Crippen LogP) is 0.811. The van der Waals surface area contributed by atoms with Crippen molar-refractivity contribution < 1.29 is 13.2 Å². The molecule has 0 unspecified atom stereocenters. The summed E-state index contributed by atoms with van der Waals surface area (Å²) in [6, 6.07) is -0.0566. The molecular formula is C12H22N2O3S. The number of piperidine rings is 2. The Hall–Kier alpha value is -0.620. The Morgan fingerprint density at radius 1 is 1.28 bits per heavy atom. The quantitative estimate of drug-likeness (QED) is 0.711. The Morgan fingerprint density at radius 3 is 2.50 bits per heavy atom. The van der Waals surface area contributed by atoms with E-state index in [9.17, 15) is 13.2 Å². The third-order valence-electron chi connectivity index (χ3n) is 4.41. The van der Waals surface area contributed by atoms with Crippen molar-refractivity contribution in [2.24, 2.45) is 0 Å². The first kappa shape index (κ1) is 13.8.